The van der Waals surface area contributed by atoms with Crippen molar-refractivity contribution >= 4 is 23.0 Å². The van der Waals surface area contributed by atoms with Crippen LogP contribution in [0.2, 0.25) is 0 Å². The van der Waals surface area contributed by atoms with Gasteiger partial charge in [0.2, 0.25) is 5.12 Å². The molecule has 1 aliphatic rings. The van der Waals surface area contributed by atoms with Crippen molar-refractivity contribution in [3.8, 4) is 0 Å². The summed E-state index contributed by atoms with van der Waals surface area (Å²) in [4.78, 5) is 25.6. The Morgan fingerprint density at radius 2 is 2.04 bits per heavy atom. The topological polar surface area (TPSA) is 66.8 Å². The maximum absolute atomic E-state index is 12.5. The zero-order valence-electron chi connectivity index (χ0n) is 15.1. The van der Waals surface area contributed by atoms with Gasteiger partial charge < -0.3 is 9.84 Å². The Balaban J connectivity index is 2.07. The standard InChI is InChI=1S/C19H27NO4S/c1-4-5-11-16(25-17(21)14-9-7-6-8-10-14)12-15-13-24-19(2,3)20(15)18(22)23/h6-10,15-16H,4-5,11-13H2,1-3H3,(H,22,23)/t15-,16-/m0/s1. The number of amides is 1. The number of rotatable bonds is 7. The average Bonchev–Trinajstić information content (AvgIpc) is 2.87. The van der Waals surface area contributed by atoms with Crippen LogP contribution in [0.3, 0.4) is 0 Å². The highest BCUT2D eigenvalue weighted by Crippen LogP contribution is 2.34. The smallest absolute Gasteiger partial charge is 0.409 e. The lowest BCUT2D eigenvalue weighted by Gasteiger charge is -2.32. The minimum absolute atomic E-state index is 0.0433. The number of hydrogen-bond acceptors (Lipinski definition) is 4. The van der Waals surface area contributed by atoms with Crippen molar-refractivity contribution in [3.05, 3.63) is 35.9 Å². The number of carboxylic acid groups (broad SMARTS) is 1. The van der Waals surface area contributed by atoms with Crippen molar-refractivity contribution in [1.29, 1.82) is 0 Å². The summed E-state index contributed by atoms with van der Waals surface area (Å²) in [5.74, 6) is 0. The third-order valence-corrected chi connectivity index (χ3v) is 5.69. The molecule has 0 aliphatic carbocycles. The molecule has 0 saturated carbocycles. The van der Waals surface area contributed by atoms with Gasteiger partial charge in [-0.1, -0.05) is 61.9 Å². The number of carbonyl (C=O) groups excluding carboxylic acids is 1. The highest BCUT2D eigenvalue weighted by atomic mass is 32.2. The zero-order chi connectivity index (χ0) is 18.4. The van der Waals surface area contributed by atoms with Gasteiger partial charge in [0, 0.05) is 10.8 Å². The van der Waals surface area contributed by atoms with E-state index in [0.717, 1.165) is 19.3 Å². The lowest BCUT2D eigenvalue weighted by molar-refractivity contribution is -0.0421. The largest absolute Gasteiger partial charge is 0.465 e. The number of hydrogen-bond donors (Lipinski definition) is 1. The van der Waals surface area contributed by atoms with E-state index < -0.39 is 11.8 Å². The first kappa shape index (κ1) is 19.8. The quantitative estimate of drug-likeness (QED) is 0.763. The van der Waals surface area contributed by atoms with E-state index in [-0.39, 0.29) is 16.4 Å². The number of unbranched alkanes of at least 4 members (excludes halogenated alkanes) is 1. The van der Waals surface area contributed by atoms with Crippen LogP contribution in [0.1, 0.15) is 56.8 Å². The minimum Gasteiger partial charge on any atom is -0.465 e. The van der Waals surface area contributed by atoms with Crippen molar-refractivity contribution < 1.29 is 19.4 Å². The van der Waals surface area contributed by atoms with Crippen molar-refractivity contribution in [2.24, 2.45) is 0 Å². The number of ether oxygens (including phenoxy) is 1. The third-order valence-electron chi connectivity index (χ3n) is 4.48. The molecule has 6 heteroatoms. The Hall–Kier alpha value is -1.53. The molecular weight excluding hydrogens is 338 g/mol. The Labute approximate surface area is 153 Å². The van der Waals surface area contributed by atoms with Gasteiger partial charge in [-0.15, -0.1) is 0 Å². The normalized spacial score (nSPS) is 20.4. The number of thioether (sulfide) groups is 1. The first-order chi connectivity index (χ1) is 11.8. The van der Waals surface area contributed by atoms with E-state index in [4.69, 9.17) is 4.74 Å². The fourth-order valence-electron chi connectivity index (χ4n) is 3.20. The summed E-state index contributed by atoms with van der Waals surface area (Å²) in [6, 6.07) is 9.02. The number of carbonyl (C=O) groups is 2. The highest BCUT2D eigenvalue weighted by molar-refractivity contribution is 8.14. The van der Waals surface area contributed by atoms with Crippen molar-refractivity contribution in [2.75, 3.05) is 6.61 Å². The Morgan fingerprint density at radius 1 is 1.36 bits per heavy atom. The molecule has 1 aromatic carbocycles. The monoisotopic (exact) mass is 365 g/mol. The summed E-state index contributed by atoms with van der Waals surface area (Å²) in [7, 11) is 0. The van der Waals surface area contributed by atoms with Gasteiger partial charge in [-0.25, -0.2) is 4.79 Å². The van der Waals surface area contributed by atoms with Gasteiger partial charge in [0.05, 0.1) is 12.6 Å². The molecule has 1 fully saturated rings. The predicted octanol–water partition coefficient (Wildman–Crippen LogP) is 4.62. The summed E-state index contributed by atoms with van der Waals surface area (Å²) < 4.78 is 5.67. The second-order valence-corrected chi connectivity index (χ2v) is 8.11. The SMILES string of the molecule is CCCC[C@@H](C[C@H]1COC(C)(C)N1C(=O)O)SC(=O)c1ccccc1. The van der Waals surface area contributed by atoms with Crippen molar-refractivity contribution in [1.82, 2.24) is 4.90 Å². The molecule has 0 unspecified atom stereocenters. The van der Waals surface area contributed by atoms with E-state index in [9.17, 15) is 14.7 Å². The fourth-order valence-corrected chi connectivity index (χ4v) is 4.38. The maximum Gasteiger partial charge on any atom is 0.409 e. The predicted molar refractivity (Wildman–Crippen MR) is 100.0 cm³/mol. The molecule has 1 heterocycles. The molecule has 0 aromatic heterocycles. The Morgan fingerprint density at radius 3 is 2.64 bits per heavy atom. The van der Waals surface area contributed by atoms with Crippen molar-refractivity contribution in [3.63, 3.8) is 0 Å². The van der Waals surface area contributed by atoms with Gasteiger partial charge in [-0.3, -0.25) is 9.69 Å². The molecule has 1 amide bonds. The Kier molecular flexibility index (Phi) is 6.90. The summed E-state index contributed by atoms with van der Waals surface area (Å²) in [6.45, 7) is 6.03. The Bertz CT molecular complexity index is 590. The van der Waals surface area contributed by atoms with Crippen LogP contribution in [0.15, 0.2) is 30.3 Å². The lowest BCUT2D eigenvalue weighted by atomic mass is 10.1. The molecule has 2 rings (SSSR count). The van der Waals surface area contributed by atoms with E-state index in [1.165, 1.54) is 16.7 Å². The zero-order valence-corrected chi connectivity index (χ0v) is 15.9. The van der Waals surface area contributed by atoms with Gasteiger partial charge in [0.25, 0.3) is 0 Å². The van der Waals surface area contributed by atoms with Gasteiger partial charge in [0.1, 0.15) is 5.72 Å². The molecule has 1 N–H and O–H groups in total. The lowest BCUT2D eigenvalue weighted by Crippen LogP contribution is -2.47. The summed E-state index contributed by atoms with van der Waals surface area (Å²) in [5.41, 5.74) is -0.132. The maximum atomic E-state index is 12.5. The third kappa shape index (κ3) is 5.22. The second kappa shape index (κ2) is 8.72. The van der Waals surface area contributed by atoms with E-state index in [1.807, 2.05) is 30.3 Å². The first-order valence-electron chi connectivity index (χ1n) is 8.77. The molecule has 0 bridgehead atoms. The van der Waals surface area contributed by atoms with E-state index in [2.05, 4.69) is 6.92 Å². The molecule has 1 aliphatic heterocycles. The van der Waals surface area contributed by atoms with Gasteiger partial charge in [0.15, 0.2) is 0 Å². The highest BCUT2D eigenvalue weighted by Gasteiger charge is 2.44. The van der Waals surface area contributed by atoms with Gasteiger partial charge in [-0.2, -0.15) is 0 Å². The van der Waals surface area contributed by atoms with Crippen LogP contribution < -0.4 is 0 Å². The summed E-state index contributed by atoms with van der Waals surface area (Å²) >= 11 is 1.32. The summed E-state index contributed by atoms with van der Waals surface area (Å²) in [6.07, 6.45) is 2.61. The van der Waals surface area contributed by atoms with E-state index >= 15 is 0 Å². The molecule has 25 heavy (non-hydrogen) atoms. The van der Waals surface area contributed by atoms with Gasteiger partial charge >= 0.3 is 6.09 Å². The molecule has 1 saturated heterocycles. The molecule has 0 radical (unpaired) electrons. The molecule has 2 atom stereocenters. The molecule has 1 aromatic rings. The van der Waals surface area contributed by atoms with Crippen LogP contribution in [0, 0.1) is 0 Å². The summed E-state index contributed by atoms with van der Waals surface area (Å²) in [5, 5.41) is 9.66. The van der Waals surface area contributed by atoms with Crippen molar-refractivity contribution in [2.45, 2.75) is 63.5 Å². The van der Waals surface area contributed by atoms with Crippen LogP contribution in [0.25, 0.3) is 0 Å². The molecule has 138 valence electrons. The molecule has 5 nitrogen and oxygen atoms in total. The van der Waals surface area contributed by atoms with E-state index in [0.29, 0.717) is 18.6 Å². The van der Waals surface area contributed by atoms with Crippen LogP contribution >= 0.6 is 11.8 Å². The fraction of sp³-hybridized carbons (Fsp3) is 0.579. The number of nitrogens with zero attached hydrogens (tertiary/aromatic N) is 1. The van der Waals surface area contributed by atoms with Crippen LogP contribution in [0.5, 0.6) is 0 Å². The number of benzene rings is 1. The van der Waals surface area contributed by atoms with Crippen LogP contribution in [-0.2, 0) is 4.74 Å². The minimum atomic E-state index is -0.971. The molecular formula is C19H27NO4S. The van der Waals surface area contributed by atoms with E-state index in [1.54, 1.807) is 13.8 Å². The first-order valence-corrected chi connectivity index (χ1v) is 9.65. The van der Waals surface area contributed by atoms with Crippen LogP contribution in [-0.4, -0.2) is 44.8 Å². The average molecular weight is 365 g/mol. The van der Waals surface area contributed by atoms with Gasteiger partial charge in [-0.05, 0) is 26.7 Å². The second-order valence-electron chi connectivity index (χ2n) is 6.84. The van der Waals surface area contributed by atoms with Crippen LogP contribution in [0.4, 0.5) is 4.79 Å². The molecule has 0 spiro atoms.